The van der Waals surface area contributed by atoms with Crippen molar-refractivity contribution in [2.75, 3.05) is 23.7 Å². The van der Waals surface area contributed by atoms with Gasteiger partial charge in [-0.25, -0.2) is 8.42 Å². The molecule has 33 heavy (non-hydrogen) atoms. The van der Waals surface area contributed by atoms with Crippen LogP contribution in [0.4, 0.5) is 11.4 Å². The van der Waals surface area contributed by atoms with Crippen LogP contribution in [0.3, 0.4) is 0 Å². The van der Waals surface area contributed by atoms with E-state index in [0.717, 1.165) is 5.56 Å². The SMILES string of the molecule is Cc1ccc(NC(=O)[C@@H]2CCCN(S(=O)(=O)c3cc4c(cc3C)NC(=O)[C@H](C)O4)C2)cc1Cl. The summed E-state index contributed by atoms with van der Waals surface area (Å²) in [4.78, 5) is 24.8. The third-order valence-electron chi connectivity index (χ3n) is 6.02. The number of anilines is 2. The van der Waals surface area contributed by atoms with Crippen LogP contribution < -0.4 is 15.4 Å². The zero-order valence-corrected chi connectivity index (χ0v) is 20.2. The zero-order valence-electron chi connectivity index (χ0n) is 18.6. The number of amides is 2. The average molecular weight is 492 g/mol. The summed E-state index contributed by atoms with van der Waals surface area (Å²) in [5, 5.41) is 6.13. The lowest BCUT2D eigenvalue weighted by Gasteiger charge is -2.32. The molecule has 0 bridgehead atoms. The molecule has 2 aromatic rings. The number of sulfonamides is 1. The molecular weight excluding hydrogens is 466 g/mol. The summed E-state index contributed by atoms with van der Waals surface area (Å²) in [6.07, 6.45) is 0.446. The van der Waals surface area contributed by atoms with Gasteiger partial charge in [0.15, 0.2) is 6.10 Å². The predicted octanol–water partition coefficient (Wildman–Crippen LogP) is 3.72. The highest BCUT2D eigenvalue weighted by atomic mass is 35.5. The molecule has 0 aromatic heterocycles. The maximum absolute atomic E-state index is 13.5. The molecule has 0 spiro atoms. The largest absolute Gasteiger partial charge is 0.479 e. The Morgan fingerprint density at radius 2 is 1.97 bits per heavy atom. The van der Waals surface area contributed by atoms with Crippen LogP contribution in [0.5, 0.6) is 5.75 Å². The number of hydrogen-bond acceptors (Lipinski definition) is 5. The van der Waals surface area contributed by atoms with Crippen LogP contribution in [0.2, 0.25) is 5.02 Å². The fourth-order valence-corrected chi connectivity index (χ4v) is 5.98. The van der Waals surface area contributed by atoms with E-state index in [-0.39, 0.29) is 23.3 Å². The number of carbonyl (C=O) groups is 2. The van der Waals surface area contributed by atoms with E-state index in [9.17, 15) is 18.0 Å². The molecule has 2 aliphatic rings. The molecule has 176 valence electrons. The van der Waals surface area contributed by atoms with Gasteiger partial charge in [-0.05, 0) is 62.9 Å². The van der Waals surface area contributed by atoms with Crippen molar-refractivity contribution in [2.24, 2.45) is 5.92 Å². The minimum Gasteiger partial charge on any atom is -0.479 e. The predicted molar refractivity (Wildman–Crippen MR) is 126 cm³/mol. The van der Waals surface area contributed by atoms with E-state index in [0.29, 0.717) is 47.1 Å². The van der Waals surface area contributed by atoms with Crippen molar-refractivity contribution in [2.45, 2.75) is 44.6 Å². The highest BCUT2D eigenvalue weighted by Gasteiger charge is 2.35. The van der Waals surface area contributed by atoms with Crippen LogP contribution in [0.25, 0.3) is 0 Å². The molecule has 10 heteroatoms. The number of nitrogens with zero attached hydrogens (tertiary/aromatic N) is 1. The number of ether oxygens (including phenoxy) is 1. The molecule has 2 heterocycles. The minimum absolute atomic E-state index is 0.0816. The van der Waals surface area contributed by atoms with Crippen LogP contribution in [0, 0.1) is 19.8 Å². The molecule has 2 amide bonds. The first kappa shape index (κ1) is 23.5. The van der Waals surface area contributed by atoms with Crippen molar-refractivity contribution in [3.05, 3.63) is 46.5 Å². The summed E-state index contributed by atoms with van der Waals surface area (Å²) in [6.45, 7) is 5.55. The van der Waals surface area contributed by atoms with E-state index in [1.54, 1.807) is 32.0 Å². The van der Waals surface area contributed by atoms with Crippen molar-refractivity contribution in [3.63, 3.8) is 0 Å². The molecule has 2 atom stereocenters. The molecule has 0 radical (unpaired) electrons. The van der Waals surface area contributed by atoms with E-state index in [1.165, 1.54) is 10.4 Å². The molecule has 2 aliphatic heterocycles. The lowest BCUT2D eigenvalue weighted by Crippen LogP contribution is -2.44. The first-order chi connectivity index (χ1) is 15.6. The number of fused-ring (bicyclic) bond motifs is 1. The quantitative estimate of drug-likeness (QED) is 0.678. The summed E-state index contributed by atoms with van der Waals surface area (Å²) < 4.78 is 33.9. The number of carbonyl (C=O) groups excluding carboxylic acids is 2. The molecule has 0 aliphatic carbocycles. The lowest BCUT2D eigenvalue weighted by molar-refractivity contribution is -0.123. The van der Waals surface area contributed by atoms with E-state index in [1.807, 2.05) is 13.0 Å². The third-order valence-corrected chi connectivity index (χ3v) is 8.43. The zero-order chi connectivity index (χ0) is 23.9. The van der Waals surface area contributed by atoms with Crippen molar-refractivity contribution >= 4 is 44.8 Å². The van der Waals surface area contributed by atoms with E-state index >= 15 is 0 Å². The normalized spacial score (nSPS) is 21.0. The molecular formula is C23H26ClN3O5S. The summed E-state index contributed by atoms with van der Waals surface area (Å²) in [6, 6.07) is 8.32. The Bertz CT molecular complexity index is 1230. The number of halogens is 1. The first-order valence-corrected chi connectivity index (χ1v) is 12.6. The monoisotopic (exact) mass is 491 g/mol. The summed E-state index contributed by atoms with van der Waals surface area (Å²) in [7, 11) is -3.87. The van der Waals surface area contributed by atoms with Gasteiger partial charge in [0.1, 0.15) is 5.75 Å². The second kappa shape index (κ2) is 8.96. The van der Waals surface area contributed by atoms with Crippen LogP contribution in [-0.2, 0) is 19.6 Å². The lowest BCUT2D eigenvalue weighted by atomic mass is 9.98. The van der Waals surface area contributed by atoms with Crippen molar-refractivity contribution in [1.29, 1.82) is 0 Å². The van der Waals surface area contributed by atoms with Crippen LogP contribution in [0.15, 0.2) is 35.2 Å². The van der Waals surface area contributed by atoms with Gasteiger partial charge in [-0.3, -0.25) is 9.59 Å². The topological polar surface area (TPSA) is 105 Å². The number of aryl methyl sites for hydroxylation is 2. The number of piperidine rings is 1. The van der Waals surface area contributed by atoms with E-state index in [4.69, 9.17) is 16.3 Å². The molecule has 1 fully saturated rings. The second-order valence-corrected chi connectivity index (χ2v) is 10.8. The summed E-state index contributed by atoms with van der Waals surface area (Å²) in [5.41, 5.74) is 2.42. The number of hydrogen-bond donors (Lipinski definition) is 2. The standard InChI is InChI=1S/C23H26ClN3O5S/c1-13-6-7-17(10-18(13)24)25-23(29)16-5-4-8-27(12-16)33(30,31)21-11-20-19(9-14(21)2)26-22(28)15(3)32-20/h6-7,9-11,15-16H,4-5,8,12H2,1-3H3,(H,25,29)(H,26,28)/t15-,16+/m0/s1. The number of nitrogens with one attached hydrogen (secondary N) is 2. The molecule has 8 nitrogen and oxygen atoms in total. The van der Waals surface area contributed by atoms with Crippen LogP contribution >= 0.6 is 11.6 Å². The molecule has 0 unspecified atom stereocenters. The van der Waals surface area contributed by atoms with Crippen molar-refractivity contribution in [1.82, 2.24) is 4.31 Å². The maximum atomic E-state index is 13.5. The second-order valence-electron chi connectivity index (χ2n) is 8.52. The summed E-state index contributed by atoms with van der Waals surface area (Å²) >= 11 is 6.14. The smallest absolute Gasteiger partial charge is 0.265 e. The Labute approximate surface area is 198 Å². The average Bonchev–Trinajstić information content (AvgIpc) is 2.77. The Hall–Kier alpha value is -2.62. The van der Waals surface area contributed by atoms with Gasteiger partial charge in [-0.2, -0.15) is 4.31 Å². The van der Waals surface area contributed by atoms with Crippen LogP contribution in [-0.4, -0.2) is 43.7 Å². The van der Waals surface area contributed by atoms with Gasteiger partial charge in [0.2, 0.25) is 15.9 Å². The van der Waals surface area contributed by atoms with Gasteiger partial charge in [0.25, 0.3) is 5.91 Å². The van der Waals surface area contributed by atoms with Crippen molar-refractivity contribution in [3.8, 4) is 5.75 Å². The fraction of sp³-hybridized carbons (Fsp3) is 0.391. The van der Waals surface area contributed by atoms with Gasteiger partial charge >= 0.3 is 0 Å². The molecule has 2 N–H and O–H groups in total. The highest BCUT2D eigenvalue weighted by molar-refractivity contribution is 7.89. The maximum Gasteiger partial charge on any atom is 0.265 e. The first-order valence-electron chi connectivity index (χ1n) is 10.8. The van der Waals surface area contributed by atoms with E-state index < -0.39 is 22.0 Å². The van der Waals surface area contributed by atoms with Gasteiger partial charge < -0.3 is 15.4 Å². The summed E-state index contributed by atoms with van der Waals surface area (Å²) in [5.74, 6) is -0.690. The molecule has 0 saturated carbocycles. The Balaban J connectivity index is 1.54. The van der Waals surface area contributed by atoms with Gasteiger partial charge in [0, 0.05) is 29.9 Å². The van der Waals surface area contributed by atoms with Crippen molar-refractivity contribution < 1.29 is 22.7 Å². The number of rotatable bonds is 4. The molecule has 4 rings (SSSR count). The number of benzene rings is 2. The Kier molecular flexibility index (Phi) is 6.39. The molecule has 1 saturated heterocycles. The Morgan fingerprint density at radius 3 is 2.70 bits per heavy atom. The third kappa shape index (κ3) is 4.71. The van der Waals surface area contributed by atoms with Crippen LogP contribution in [0.1, 0.15) is 30.9 Å². The highest BCUT2D eigenvalue weighted by Crippen LogP contribution is 2.36. The van der Waals surface area contributed by atoms with Gasteiger partial charge in [0.05, 0.1) is 16.5 Å². The molecule has 2 aromatic carbocycles. The Morgan fingerprint density at radius 1 is 1.21 bits per heavy atom. The fourth-order valence-electron chi connectivity index (χ4n) is 4.05. The van der Waals surface area contributed by atoms with Gasteiger partial charge in [-0.1, -0.05) is 17.7 Å². The van der Waals surface area contributed by atoms with E-state index in [2.05, 4.69) is 10.6 Å². The van der Waals surface area contributed by atoms with Gasteiger partial charge in [-0.15, -0.1) is 0 Å². The minimum atomic E-state index is -3.87.